The van der Waals surface area contributed by atoms with E-state index in [1.54, 1.807) is 37.3 Å². The zero-order valence-electron chi connectivity index (χ0n) is 16.7. The molecule has 29 heavy (non-hydrogen) atoms. The van der Waals surface area contributed by atoms with Crippen LogP contribution < -0.4 is 5.32 Å². The van der Waals surface area contributed by atoms with Crippen molar-refractivity contribution in [2.45, 2.75) is 37.7 Å². The predicted molar refractivity (Wildman–Crippen MR) is 105 cm³/mol. The Labute approximate surface area is 171 Å². The number of carbonyl (C=O) groups is 3. The van der Waals surface area contributed by atoms with Gasteiger partial charge in [-0.05, 0) is 26.0 Å². The Hall–Kier alpha value is -2.46. The number of nitrogens with one attached hydrogen (secondary N) is 1. The monoisotopic (exact) mass is 425 g/mol. The van der Waals surface area contributed by atoms with Gasteiger partial charge < -0.3 is 15.0 Å². The van der Waals surface area contributed by atoms with Crippen molar-refractivity contribution in [3.05, 3.63) is 30.3 Å². The minimum atomic E-state index is -3.58. The lowest BCUT2D eigenvalue weighted by molar-refractivity contribution is -0.155. The molecular formula is C19H27N3O6S. The van der Waals surface area contributed by atoms with Crippen LogP contribution in [0.2, 0.25) is 0 Å². The minimum Gasteiger partial charge on any atom is -0.453 e. The highest BCUT2D eigenvalue weighted by Crippen LogP contribution is 2.17. The van der Waals surface area contributed by atoms with E-state index in [0.717, 1.165) is 0 Å². The first-order chi connectivity index (χ1) is 13.8. The van der Waals surface area contributed by atoms with Gasteiger partial charge in [-0.15, -0.1) is 0 Å². The standard InChI is InChI=1S/C19H27N3O6S/c1-3-20-19(25)15(2)28-18(24)10-9-17(23)21-11-13-22(14-12-21)29(26,27)16-7-5-4-6-8-16/h4-8,15H,3,9-14H2,1-2H3,(H,20,25)/t15-/m1/s1. The maximum atomic E-state index is 12.6. The number of piperazine rings is 1. The lowest BCUT2D eigenvalue weighted by atomic mass is 10.2. The predicted octanol–water partition coefficient (Wildman–Crippen LogP) is 0.368. The summed E-state index contributed by atoms with van der Waals surface area (Å²) in [5.41, 5.74) is 0. The highest BCUT2D eigenvalue weighted by atomic mass is 32.2. The summed E-state index contributed by atoms with van der Waals surface area (Å²) in [6.45, 7) is 4.58. The number of hydrogen-bond acceptors (Lipinski definition) is 6. The summed E-state index contributed by atoms with van der Waals surface area (Å²) < 4.78 is 31.6. The third-order valence-electron chi connectivity index (χ3n) is 4.54. The van der Waals surface area contributed by atoms with E-state index in [0.29, 0.717) is 6.54 Å². The lowest BCUT2D eigenvalue weighted by Crippen LogP contribution is -2.50. The third kappa shape index (κ3) is 6.26. The van der Waals surface area contributed by atoms with Gasteiger partial charge in [-0.1, -0.05) is 18.2 Å². The average molecular weight is 426 g/mol. The number of nitrogens with zero attached hydrogens (tertiary/aromatic N) is 2. The number of benzene rings is 1. The summed E-state index contributed by atoms with van der Waals surface area (Å²) in [4.78, 5) is 37.5. The van der Waals surface area contributed by atoms with E-state index in [-0.39, 0.29) is 55.7 Å². The first-order valence-electron chi connectivity index (χ1n) is 9.56. The van der Waals surface area contributed by atoms with Crippen LogP contribution in [0.15, 0.2) is 35.2 Å². The van der Waals surface area contributed by atoms with Gasteiger partial charge in [0.1, 0.15) is 0 Å². The number of likely N-dealkylation sites (N-methyl/N-ethyl adjacent to an activating group) is 1. The van der Waals surface area contributed by atoms with Crippen LogP contribution in [-0.2, 0) is 29.1 Å². The smallest absolute Gasteiger partial charge is 0.307 e. The molecule has 2 rings (SSSR count). The van der Waals surface area contributed by atoms with Gasteiger partial charge in [0.25, 0.3) is 5.91 Å². The molecule has 0 aliphatic carbocycles. The van der Waals surface area contributed by atoms with E-state index in [9.17, 15) is 22.8 Å². The van der Waals surface area contributed by atoms with Crippen molar-refractivity contribution >= 4 is 27.8 Å². The molecule has 1 heterocycles. The lowest BCUT2D eigenvalue weighted by Gasteiger charge is -2.34. The Balaban J connectivity index is 1.79. The number of carbonyl (C=O) groups excluding carboxylic acids is 3. The number of sulfonamides is 1. The van der Waals surface area contributed by atoms with Crippen molar-refractivity contribution in [1.82, 2.24) is 14.5 Å². The molecule has 2 amide bonds. The van der Waals surface area contributed by atoms with Crippen LogP contribution in [0, 0.1) is 0 Å². The Kier molecular flexibility index (Phi) is 8.15. The molecule has 1 N–H and O–H groups in total. The van der Waals surface area contributed by atoms with Crippen LogP contribution in [0.1, 0.15) is 26.7 Å². The summed E-state index contributed by atoms with van der Waals surface area (Å²) in [5.74, 6) is -1.25. The summed E-state index contributed by atoms with van der Waals surface area (Å²) in [7, 11) is -3.58. The second kappa shape index (κ2) is 10.4. The van der Waals surface area contributed by atoms with Gasteiger partial charge in [-0.3, -0.25) is 14.4 Å². The van der Waals surface area contributed by atoms with Crippen LogP contribution in [0.4, 0.5) is 0 Å². The van der Waals surface area contributed by atoms with E-state index in [4.69, 9.17) is 4.74 Å². The van der Waals surface area contributed by atoms with Crippen molar-refractivity contribution in [3.63, 3.8) is 0 Å². The Bertz CT molecular complexity index is 820. The normalized spacial score (nSPS) is 16.1. The molecule has 1 fully saturated rings. The molecule has 0 radical (unpaired) electrons. The number of ether oxygens (including phenoxy) is 1. The first kappa shape index (κ1) is 22.8. The number of esters is 1. The van der Waals surface area contributed by atoms with Crippen molar-refractivity contribution in [1.29, 1.82) is 0 Å². The highest BCUT2D eigenvalue weighted by molar-refractivity contribution is 7.89. The van der Waals surface area contributed by atoms with Gasteiger partial charge in [-0.25, -0.2) is 8.42 Å². The fraction of sp³-hybridized carbons (Fsp3) is 0.526. The molecule has 1 aromatic carbocycles. The SMILES string of the molecule is CCNC(=O)[C@@H](C)OC(=O)CCC(=O)N1CCN(S(=O)(=O)c2ccccc2)CC1. The van der Waals surface area contributed by atoms with E-state index >= 15 is 0 Å². The molecular weight excluding hydrogens is 398 g/mol. The van der Waals surface area contributed by atoms with Crippen LogP contribution in [0.25, 0.3) is 0 Å². The molecule has 9 nitrogen and oxygen atoms in total. The second-order valence-electron chi connectivity index (χ2n) is 6.62. The molecule has 160 valence electrons. The highest BCUT2D eigenvalue weighted by Gasteiger charge is 2.30. The van der Waals surface area contributed by atoms with E-state index in [2.05, 4.69) is 5.32 Å². The molecule has 1 aromatic rings. The molecule has 1 saturated heterocycles. The molecule has 1 aliphatic rings. The Morgan fingerprint density at radius 1 is 1.07 bits per heavy atom. The molecule has 0 aromatic heterocycles. The van der Waals surface area contributed by atoms with Crippen molar-refractivity contribution < 1.29 is 27.5 Å². The summed E-state index contributed by atoms with van der Waals surface area (Å²) in [5, 5.41) is 2.55. The van der Waals surface area contributed by atoms with Crippen LogP contribution in [0.3, 0.4) is 0 Å². The van der Waals surface area contributed by atoms with E-state index < -0.39 is 22.1 Å². The second-order valence-corrected chi connectivity index (χ2v) is 8.56. The minimum absolute atomic E-state index is 0.0492. The maximum Gasteiger partial charge on any atom is 0.307 e. The fourth-order valence-corrected chi connectivity index (χ4v) is 4.36. The summed E-state index contributed by atoms with van der Waals surface area (Å²) in [6, 6.07) is 8.16. The Morgan fingerprint density at radius 3 is 2.28 bits per heavy atom. The van der Waals surface area contributed by atoms with Crippen molar-refractivity contribution in [3.8, 4) is 0 Å². The van der Waals surface area contributed by atoms with Crippen LogP contribution in [-0.4, -0.2) is 74.2 Å². The van der Waals surface area contributed by atoms with Gasteiger partial charge >= 0.3 is 5.97 Å². The fourth-order valence-electron chi connectivity index (χ4n) is 2.91. The number of amides is 2. The zero-order valence-corrected chi connectivity index (χ0v) is 17.5. The average Bonchev–Trinajstić information content (AvgIpc) is 2.72. The quantitative estimate of drug-likeness (QED) is 0.602. The van der Waals surface area contributed by atoms with Crippen molar-refractivity contribution in [2.24, 2.45) is 0 Å². The third-order valence-corrected chi connectivity index (χ3v) is 6.46. The molecule has 0 spiro atoms. The summed E-state index contributed by atoms with van der Waals surface area (Å²) >= 11 is 0. The van der Waals surface area contributed by atoms with Crippen LogP contribution in [0.5, 0.6) is 0 Å². The molecule has 0 bridgehead atoms. The number of hydrogen-bond donors (Lipinski definition) is 1. The van der Waals surface area contributed by atoms with Crippen LogP contribution >= 0.6 is 0 Å². The largest absolute Gasteiger partial charge is 0.453 e. The maximum absolute atomic E-state index is 12.6. The molecule has 10 heteroatoms. The van der Waals surface area contributed by atoms with E-state index in [1.807, 2.05) is 0 Å². The summed E-state index contributed by atoms with van der Waals surface area (Å²) in [6.07, 6.45) is -1.10. The van der Waals surface area contributed by atoms with Gasteiger partial charge in [0.2, 0.25) is 15.9 Å². The molecule has 1 atom stereocenters. The topological polar surface area (TPSA) is 113 Å². The van der Waals surface area contributed by atoms with Crippen molar-refractivity contribution in [2.75, 3.05) is 32.7 Å². The number of rotatable bonds is 8. The van der Waals surface area contributed by atoms with Gasteiger partial charge in [0.05, 0.1) is 11.3 Å². The van der Waals surface area contributed by atoms with Gasteiger partial charge in [0.15, 0.2) is 6.10 Å². The van der Waals surface area contributed by atoms with Gasteiger partial charge in [-0.2, -0.15) is 4.31 Å². The molecule has 0 saturated carbocycles. The van der Waals surface area contributed by atoms with Gasteiger partial charge in [0, 0.05) is 39.1 Å². The zero-order chi connectivity index (χ0) is 21.4. The molecule has 1 aliphatic heterocycles. The van der Waals surface area contributed by atoms with E-state index in [1.165, 1.54) is 16.1 Å². The molecule has 0 unspecified atom stereocenters. The Morgan fingerprint density at radius 2 is 1.69 bits per heavy atom. The first-order valence-corrected chi connectivity index (χ1v) is 11.0.